The zero-order chi connectivity index (χ0) is 14.1. The normalized spacial score (nSPS) is 11.2. The van der Waals surface area contributed by atoms with Crippen LogP contribution in [0.25, 0.3) is 16.9 Å². The number of pyridine rings is 1. The van der Waals surface area contributed by atoms with Crippen molar-refractivity contribution in [3.8, 4) is 11.3 Å². The summed E-state index contributed by atoms with van der Waals surface area (Å²) in [5, 5.41) is 0.735. The summed E-state index contributed by atoms with van der Waals surface area (Å²) in [5.41, 5.74) is 11.1. The number of hydrogen-bond acceptors (Lipinski definition) is 2. The van der Waals surface area contributed by atoms with E-state index in [2.05, 4.69) is 17.4 Å². The van der Waals surface area contributed by atoms with Crippen LogP contribution in [0.4, 0.5) is 0 Å². The molecule has 0 spiro atoms. The average molecular weight is 286 g/mol. The highest BCUT2D eigenvalue weighted by Crippen LogP contribution is 2.27. The van der Waals surface area contributed by atoms with E-state index in [-0.39, 0.29) is 0 Å². The molecule has 0 aliphatic heterocycles. The fraction of sp³-hybridized carbons (Fsp3) is 0.188. The Hall–Kier alpha value is -1.84. The number of hydrogen-bond donors (Lipinski definition) is 1. The van der Waals surface area contributed by atoms with E-state index in [0.29, 0.717) is 6.54 Å². The third kappa shape index (κ3) is 2.19. The van der Waals surface area contributed by atoms with Gasteiger partial charge >= 0.3 is 0 Å². The van der Waals surface area contributed by atoms with Crippen LogP contribution < -0.4 is 5.73 Å². The average Bonchev–Trinajstić information content (AvgIpc) is 2.80. The quantitative estimate of drug-likeness (QED) is 0.801. The van der Waals surface area contributed by atoms with Crippen LogP contribution in [0, 0.1) is 6.92 Å². The lowest BCUT2D eigenvalue weighted by Crippen LogP contribution is -2.04. The first-order valence-electron chi connectivity index (χ1n) is 6.63. The maximum absolute atomic E-state index is 5.98. The zero-order valence-electron chi connectivity index (χ0n) is 11.3. The summed E-state index contributed by atoms with van der Waals surface area (Å²) in [6.07, 6.45) is 2.80. The molecule has 0 saturated heterocycles. The van der Waals surface area contributed by atoms with E-state index in [9.17, 15) is 0 Å². The molecule has 0 radical (unpaired) electrons. The van der Waals surface area contributed by atoms with E-state index >= 15 is 0 Å². The van der Waals surface area contributed by atoms with Gasteiger partial charge in [0.15, 0.2) is 0 Å². The molecule has 102 valence electrons. The van der Waals surface area contributed by atoms with Gasteiger partial charge in [-0.1, -0.05) is 29.8 Å². The van der Waals surface area contributed by atoms with Crippen molar-refractivity contribution in [3.63, 3.8) is 0 Å². The predicted molar refractivity (Wildman–Crippen MR) is 83.1 cm³/mol. The van der Waals surface area contributed by atoms with Crippen LogP contribution in [0.5, 0.6) is 0 Å². The summed E-state index contributed by atoms with van der Waals surface area (Å²) < 4.78 is 2.13. The summed E-state index contributed by atoms with van der Waals surface area (Å²) in [7, 11) is 0. The Labute approximate surface area is 123 Å². The first-order chi connectivity index (χ1) is 9.70. The van der Waals surface area contributed by atoms with E-state index in [1.165, 1.54) is 0 Å². The van der Waals surface area contributed by atoms with E-state index < -0.39 is 0 Å². The fourth-order valence-electron chi connectivity index (χ4n) is 2.48. The van der Waals surface area contributed by atoms with Gasteiger partial charge in [0.25, 0.3) is 0 Å². The number of aromatic nitrogens is 2. The van der Waals surface area contributed by atoms with Gasteiger partial charge < -0.3 is 5.73 Å². The molecule has 3 aromatic rings. The molecule has 0 unspecified atom stereocenters. The molecule has 0 amide bonds. The van der Waals surface area contributed by atoms with Gasteiger partial charge in [-0.2, -0.15) is 0 Å². The number of benzene rings is 1. The second-order valence-electron chi connectivity index (χ2n) is 4.84. The number of nitrogens with two attached hydrogens (primary N) is 1. The van der Waals surface area contributed by atoms with Crippen molar-refractivity contribution >= 4 is 17.2 Å². The van der Waals surface area contributed by atoms with Crippen LogP contribution in [0.15, 0.2) is 42.6 Å². The lowest BCUT2D eigenvalue weighted by molar-refractivity contribution is 0.939. The SMILES string of the molecule is Cc1cccn2c(-c3ccc(Cl)cc3)c(CCN)nc12. The molecule has 3 rings (SSSR count). The van der Waals surface area contributed by atoms with Crippen LogP contribution in [-0.2, 0) is 6.42 Å². The summed E-state index contributed by atoms with van der Waals surface area (Å²) in [5.74, 6) is 0. The van der Waals surface area contributed by atoms with Gasteiger partial charge in [-0.3, -0.25) is 4.40 Å². The molecule has 3 nitrogen and oxygen atoms in total. The molecule has 2 aromatic heterocycles. The summed E-state index contributed by atoms with van der Waals surface area (Å²) >= 11 is 5.98. The standard InChI is InChI=1S/C16H16ClN3/c1-11-3-2-10-20-15(12-4-6-13(17)7-5-12)14(8-9-18)19-16(11)20/h2-7,10H,8-9,18H2,1H3. The summed E-state index contributed by atoms with van der Waals surface area (Å²) in [4.78, 5) is 4.75. The largest absolute Gasteiger partial charge is 0.330 e. The minimum absolute atomic E-state index is 0.587. The van der Waals surface area contributed by atoms with Gasteiger partial charge in [0.1, 0.15) is 5.65 Å². The highest BCUT2D eigenvalue weighted by molar-refractivity contribution is 6.30. The first kappa shape index (κ1) is 13.2. The molecule has 0 bridgehead atoms. The second kappa shape index (κ2) is 5.27. The molecule has 0 atom stereocenters. The van der Waals surface area contributed by atoms with E-state index in [1.807, 2.05) is 36.5 Å². The maximum atomic E-state index is 5.98. The Balaban J connectivity index is 2.28. The van der Waals surface area contributed by atoms with Gasteiger partial charge in [0.2, 0.25) is 0 Å². The van der Waals surface area contributed by atoms with E-state index in [1.54, 1.807) is 0 Å². The van der Waals surface area contributed by atoms with Crippen molar-refractivity contribution in [2.45, 2.75) is 13.3 Å². The monoisotopic (exact) mass is 285 g/mol. The van der Waals surface area contributed by atoms with Gasteiger partial charge in [-0.15, -0.1) is 0 Å². The zero-order valence-corrected chi connectivity index (χ0v) is 12.1. The smallest absolute Gasteiger partial charge is 0.140 e. The summed E-state index contributed by atoms with van der Waals surface area (Å²) in [6, 6.07) is 12.0. The number of halogens is 1. The Bertz CT molecular complexity index is 744. The number of fused-ring (bicyclic) bond motifs is 1. The highest BCUT2D eigenvalue weighted by atomic mass is 35.5. The lowest BCUT2D eigenvalue weighted by atomic mass is 10.1. The molecule has 4 heteroatoms. The predicted octanol–water partition coefficient (Wildman–Crippen LogP) is 3.46. The molecular weight excluding hydrogens is 270 g/mol. The second-order valence-corrected chi connectivity index (χ2v) is 5.27. The number of aryl methyl sites for hydroxylation is 1. The molecule has 2 N–H and O–H groups in total. The number of nitrogens with zero attached hydrogens (tertiary/aromatic N) is 2. The van der Waals surface area contributed by atoms with Crippen molar-refractivity contribution < 1.29 is 0 Å². The molecule has 2 heterocycles. The number of imidazole rings is 1. The molecule has 20 heavy (non-hydrogen) atoms. The Morgan fingerprint density at radius 2 is 1.95 bits per heavy atom. The van der Waals surface area contributed by atoms with Crippen LogP contribution in [0.3, 0.4) is 0 Å². The molecule has 1 aromatic carbocycles. The van der Waals surface area contributed by atoms with Gasteiger partial charge in [0, 0.05) is 23.2 Å². The molecule has 0 aliphatic carbocycles. The molecular formula is C16H16ClN3. The van der Waals surface area contributed by atoms with Gasteiger partial charge in [-0.25, -0.2) is 4.98 Å². The Morgan fingerprint density at radius 3 is 2.65 bits per heavy atom. The summed E-state index contributed by atoms with van der Waals surface area (Å²) in [6.45, 7) is 2.66. The van der Waals surface area contributed by atoms with E-state index in [4.69, 9.17) is 22.3 Å². The topological polar surface area (TPSA) is 43.3 Å². The van der Waals surface area contributed by atoms with Gasteiger partial charge in [-0.05, 0) is 37.2 Å². The molecule has 0 saturated carbocycles. The van der Waals surface area contributed by atoms with Crippen molar-refractivity contribution in [2.75, 3.05) is 6.54 Å². The third-order valence-corrected chi connectivity index (χ3v) is 3.67. The number of rotatable bonds is 3. The molecule has 0 aliphatic rings. The minimum atomic E-state index is 0.587. The van der Waals surface area contributed by atoms with Crippen LogP contribution in [-0.4, -0.2) is 15.9 Å². The highest BCUT2D eigenvalue weighted by Gasteiger charge is 2.14. The van der Waals surface area contributed by atoms with Crippen molar-refractivity contribution in [3.05, 3.63) is 58.9 Å². The van der Waals surface area contributed by atoms with Crippen molar-refractivity contribution in [1.82, 2.24) is 9.38 Å². The van der Waals surface area contributed by atoms with Crippen molar-refractivity contribution in [1.29, 1.82) is 0 Å². The fourth-order valence-corrected chi connectivity index (χ4v) is 2.60. The first-order valence-corrected chi connectivity index (χ1v) is 7.01. The maximum Gasteiger partial charge on any atom is 0.140 e. The minimum Gasteiger partial charge on any atom is -0.330 e. The Morgan fingerprint density at radius 1 is 1.20 bits per heavy atom. The van der Waals surface area contributed by atoms with Crippen LogP contribution in [0.2, 0.25) is 5.02 Å². The van der Waals surface area contributed by atoms with Crippen molar-refractivity contribution in [2.24, 2.45) is 5.73 Å². The van der Waals surface area contributed by atoms with Crippen LogP contribution >= 0.6 is 11.6 Å². The molecule has 0 fully saturated rings. The Kier molecular flexibility index (Phi) is 3.47. The van der Waals surface area contributed by atoms with Gasteiger partial charge in [0.05, 0.1) is 11.4 Å². The van der Waals surface area contributed by atoms with E-state index in [0.717, 1.165) is 39.6 Å². The third-order valence-electron chi connectivity index (χ3n) is 3.42. The van der Waals surface area contributed by atoms with Crippen LogP contribution in [0.1, 0.15) is 11.3 Å². The lowest BCUT2D eigenvalue weighted by Gasteiger charge is -2.05.